The van der Waals surface area contributed by atoms with Gasteiger partial charge in [-0.1, -0.05) is 18.2 Å². The van der Waals surface area contributed by atoms with Gasteiger partial charge in [-0.05, 0) is 12.1 Å². The van der Waals surface area contributed by atoms with Crippen molar-refractivity contribution in [3.05, 3.63) is 41.6 Å². The average molecular weight is 241 g/mol. The normalized spacial score (nSPS) is 11.7. The maximum absolute atomic E-state index is 12.7. The Morgan fingerprint density at radius 1 is 1.18 bits per heavy atom. The largest absolute Gasteiger partial charge is 0.477 e. The van der Waals surface area contributed by atoms with Gasteiger partial charge in [0.1, 0.15) is 5.69 Å². The fraction of sp³-hybridized carbons (Fsp3) is 0.0909. The van der Waals surface area contributed by atoms with E-state index in [1.165, 1.54) is 24.3 Å². The van der Waals surface area contributed by atoms with Crippen LogP contribution < -0.4 is 0 Å². The van der Waals surface area contributed by atoms with Gasteiger partial charge in [0.05, 0.1) is 11.1 Å². The van der Waals surface area contributed by atoms with Crippen molar-refractivity contribution in [3.8, 4) is 0 Å². The zero-order chi connectivity index (χ0) is 12.6. The molecule has 1 aromatic heterocycles. The van der Waals surface area contributed by atoms with E-state index in [0.717, 1.165) is 6.07 Å². The van der Waals surface area contributed by atoms with E-state index in [2.05, 4.69) is 4.98 Å². The Balaban J connectivity index is 2.77. The lowest BCUT2D eigenvalue weighted by Crippen LogP contribution is -2.08. The highest BCUT2D eigenvalue weighted by Gasteiger charge is 2.33. The van der Waals surface area contributed by atoms with Gasteiger partial charge in [0.25, 0.3) is 0 Å². The predicted molar refractivity (Wildman–Crippen MR) is 53.7 cm³/mol. The molecule has 0 fully saturated rings. The van der Waals surface area contributed by atoms with Crippen molar-refractivity contribution < 1.29 is 23.1 Å². The van der Waals surface area contributed by atoms with Crippen molar-refractivity contribution in [3.63, 3.8) is 0 Å². The minimum Gasteiger partial charge on any atom is -0.477 e. The van der Waals surface area contributed by atoms with Crippen molar-refractivity contribution in [2.75, 3.05) is 0 Å². The average Bonchev–Trinajstić information content (AvgIpc) is 2.26. The van der Waals surface area contributed by atoms with Crippen LogP contribution in [0.1, 0.15) is 16.1 Å². The minimum absolute atomic E-state index is 0.254. The summed E-state index contributed by atoms with van der Waals surface area (Å²) in [6, 6.07) is 6.06. The second kappa shape index (κ2) is 3.73. The Hall–Kier alpha value is -2.11. The number of hydrogen-bond acceptors (Lipinski definition) is 2. The monoisotopic (exact) mass is 241 g/mol. The Labute approximate surface area is 93.5 Å². The third kappa shape index (κ3) is 2.06. The number of rotatable bonds is 1. The molecule has 17 heavy (non-hydrogen) atoms. The number of fused-ring (bicyclic) bond motifs is 1. The van der Waals surface area contributed by atoms with Gasteiger partial charge in [-0.2, -0.15) is 13.2 Å². The molecule has 0 bridgehead atoms. The summed E-state index contributed by atoms with van der Waals surface area (Å²) in [5.74, 6) is -1.36. The predicted octanol–water partition coefficient (Wildman–Crippen LogP) is 2.95. The Bertz CT molecular complexity index is 593. The van der Waals surface area contributed by atoms with Crippen molar-refractivity contribution in [1.29, 1.82) is 0 Å². The van der Waals surface area contributed by atoms with Crippen LogP contribution in [-0.4, -0.2) is 16.1 Å². The highest BCUT2D eigenvalue weighted by Crippen LogP contribution is 2.33. The minimum atomic E-state index is -4.55. The smallest absolute Gasteiger partial charge is 0.418 e. The van der Waals surface area contributed by atoms with Crippen LogP contribution in [0.2, 0.25) is 0 Å². The lowest BCUT2D eigenvalue weighted by Gasteiger charge is -2.09. The van der Waals surface area contributed by atoms with Gasteiger partial charge in [0, 0.05) is 5.39 Å². The van der Waals surface area contributed by atoms with Crippen LogP contribution >= 0.6 is 0 Å². The number of carboxylic acids is 1. The van der Waals surface area contributed by atoms with Gasteiger partial charge in [-0.3, -0.25) is 0 Å². The molecule has 0 radical (unpaired) electrons. The number of aromatic nitrogens is 1. The molecule has 0 unspecified atom stereocenters. The van der Waals surface area contributed by atoms with Gasteiger partial charge < -0.3 is 5.11 Å². The summed E-state index contributed by atoms with van der Waals surface area (Å²) in [6.07, 6.45) is -4.55. The summed E-state index contributed by atoms with van der Waals surface area (Å²) >= 11 is 0. The fourth-order valence-electron chi connectivity index (χ4n) is 1.49. The maximum atomic E-state index is 12.7. The van der Waals surface area contributed by atoms with E-state index in [0.29, 0.717) is 0 Å². The summed E-state index contributed by atoms with van der Waals surface area (Å²) in [7, 11) is 0. The second-order valence-electron chi connectivity index (χ2n) is 3.38. The van der Waals surface area contributed by atoms with Crippen molar-refractivity contribution in [2.45, 2.75) is 6.18 Å². The van der Waals surface area contributed by atoms with Crippen molar-refractivity contribution in [2.24, 2.45) is 0 Å². The molecule has 2 rings (SSSR count). The molecule has 2 aromatic rings. The first-order chi connectivity index (χ1) is 7.89. The molecule has 1 aromatic carbocycles. The molecule has 0 atom stereocenters. The quantitative estimate of drug-likeness (QED) is 0.835. The Kier molecular flexibility index (Phi) is 2.49. The fourth-order valence-corrected chi connectivity index (χ4v) is 1.49. The molecular formula is C11H6F3NO2. The number of carbonyl (C=O) groups is 1. The summed E-state index contributed by atoms with van der Waals surface area (Å²) in [4.78, 5) is 14.2. The molecule has 1 heterocycles. The van der Waals surface area contributed by atoms with E-state index >= 15 is 0 Å². The van der Waals surface area contributed by atoms with Crippen LogP contribution in [0.5, 0.6) is 0 Å². The van der Waals surface area contributed by atoms with Crippen LogP contribution in [0, 0.1) is 0 Å². The van der Waals surface area contributed by atoms with E-state index in [4.69, 9.17) is 5.11 Å². The van der Waals surface area contributed by atoms with Gasteiger partial charge in [0.15, 0.2) is 0 Å². The van der Waals surface area contributed by atoms with E-state index in [1.54, 1.807) is 0 Å². The van der Waals surface area contributed by atoms with Crippen LogP contribution in [-0.2, 0) is 6.18 Å². The first-order valence-corrected chi connectivity index (χ1v) is 4.60. The van der Waals surface area contributed by atoms with Gasteiger partial charge in [-0.15, -0.1) is 0 Å². The first-order valence-electron chi connectivity index (χ1n) is 4.60. The van der Waals surface area contributed by atoms with Crippen molar-refractivity contribution >= 4 is 16.9 Å². The molecule has 1 N–H and O–H groups in total. The molecule has 0 amide bonds. The zero-order valence-corrected chi connectivity index (χ0v) is 8.32. The molecule has 0 saturated heterocycles. The van der Waals surface area contributed by atoms with Crippen LogP contribution in [0.15, 0.2) is 30.3 Å². The molecular weight excluding hydrogens is 235 g/mol. The molecule has 3 nitrogen and oxygen atoms in total. The second-order valence-corrected chi connectivity index (χ2v) is 3.38. The summed E-state index contributed by atoms with van der Waals surface area (Å²) in [5.41, 5.74) is -1.69. The number of hydrogen-bond donors (Lipinski definition) is 1. The number of nitrogens with zero attached hydrogens (tertiary/aromatic N) is 1. The molecule has 0 aliphatic heterocycles. The molecule has 0 spiro atoms. The summed E-state index contributed by atoms with van der Waals surface area (Å²) < 4.78 is 38.0. The number of carboxylic acid groups (broad SMARTS) is 1. The molecule has 88 valence electrons. The zero-order valence-electron chi connectivity index (χ0n) is 8.32. The number of aromatic carboxylic acids is 1. The van der Waals surface area contributed by atoms with Crippen LogP contribution in [0.3, 0.4) is 0 Å². The molecule has 0 aliphatic carbocycles. The number of pyridine rings is 1. The van der Waals surface area contributed by atoms with E-state index in [1.807, 2.05) is 0 Å². The third-order valence-corrected chi connectivity index (χ3v) is 2.24. The third-order valence-electron chi connectivity index (χ3n) is 2.24. The molecule has 6 heteroatoms. The highest BCUT2D eigenvalue weighted by molar-refractivity contribution is 5.90. The Morgan fingerprint density at radius 3 is 2.47 bits per heavy atom. The molecule has 0 aliphatic rings. The SMILES string of the molecule is O=C(O)c1ccc2cccc(C(F)(F)F)c2n1. The van der Waals surface area contributed by atoms with Crippen LogP contribution in [0.25, 0.3) is 10.9 Å². The van der Waals surface area contributed by atoms with Gasteiger partial charge in [-0.25, -0.2) is 9.78 Å². The van der Waals surface area contributed by atoms with Crippen LogP contribution in [0.4, 0.5) is 13.2 Å². The first kappa shape index (κ1) is 11.4. The number of alkyl halides is 3. The Morgan fingerprint density at radius 2 is 1.88 bits per heavy atom. The standard InChI is InChI=1S/C11H6F3NO2/c12-11(13,14)7-3-1-2-6-4-5-8(10(16)17)15-9(6)7/h1-5H,(H,16,17). The lowest BCUT2D eigenvalue weighted by atomic mass is 10.1. The van der Waals surface area contributed by atoms with Gasteiger partial charge >= 0.3 is 12.1 Å². The number of halogens is 3. The number of benzene rings is 1. The molecule has 0 saturated carbocycles. The summed E-state index contributed by atoms with van der Waals surface area (Å²) in [6.45, 7) is 0. The topological polar surface area (TPSA) is 50.2 Å². The lowest BCUT2D eigenvalue weighted by molar-refractivity contribution is -0.136. The highest BCUT2D eigenvalue weighted by atomic mass is 19.4. The maximum Gasteiger partial charge on any atom is 0.418 e. The van der Waals surface area contributed by atoms with E-state index in [-0.39, 0.29) is 10.9 Å². The van der Waals surface area contributed by atoms with Crippen molar-refractivity contribution in [1.82, 2.24) is 4.98 Å². The van der Waals surface area contributed by atoms with E-state index < -0.39 is 23.4 Å². The summed E-state index contributed by atoms with van der Waals surface area (Å²) in [5, 5.41) is 8.95. The number of para-hydroxylation sites is 1. The van der Waals surface area contributed by atoms with Gasteiger partial charge in [0.2, 0.25) is 0 Å². The van der Waals surface area contributed by atoms with E-state index in [9.17, 15) is 18.0 Å².